The summed E-state index contributed by atoms with van der Waals surface area (Å²) in [6.45, 7) is 35.2. The summed E-state index contributed by atoms with van der Waals surface area (Å²) < 4.78 is 211. The van der Waals surface area contributed by atoms with Crippen molar-refractivity contribution in [3.63, 3.8) is 0 Å². The third-order valence-corrected chi connectivity index (χ3v) is 33.1. The van der Waals surface area contributed by atoms with Crippen LogP contribution in [0, 0.1) is 5.92 Å². The van der Waals surface area contributed by atoms with Crippen LogP contribution in [0.25, 0.3) is 0 Å². The maximum absolute atomic E-state index is 12.5. The molecule has 47 heteroatoms. The Kier molecular flexibility index (Phi) is 54.5. The zero-order chi connectivity index (χ0) is 113. The van der Waals surface area contributed by atoms with Gasteiger partial charge in [0.05, 0.1) is 146 Å². The average molecular weight is 2240 g/mol. The molecule has 15 rings (SSSR count). The van der Waals surface area contributed by atoms with Crippen LogP contribution < -0.4 is 54.8 Å². The quantitative estimate of drug-likeness (QED) is 0.0413. The van der Waals surface area contributed by atoms with E-state index in [4.69, 9.17) is 43.7 Å². The number of para-hydroxylation sites is 11. The normalized spacial score (nSPS) is 20.1. The number of aliphatic carboxylic acids is 3. The van der Waals surface area contributed by atoms with Crippen molar-refractivity contribution in [3.8, 4) is 28.7 Å². The molecule has 4 amide bonds. The van der Waals surface area contributed by atoms with Crippen LogP contribution >= 0.6 is 0 Å². The van der Waals surface area contributed by atoms with E-state index in [1.54, 1.807) is 150 Å². The fraction of sp³-hybridized carbons (Fsp3) is 0.583. The number of carbonyl (C=O) groups excluding carboxylic acids is 4. The molecule has 844 valence electrons. The second-order valence-electron chi connectivity index (χ2n) is 35.0. The van der Waals surface area contributed by atoms with Gasteiger partial charge in [0.25, 0.3) is 0 Å². The van der Waals surface area contributed by atoms with Gasteiger partial charge >= 0.3 is 17.9 Å². The van der Waals surface area contributed by atoms with Gasteiger partial charge in [-0.05, 0) is 157 Å². The summed E-state index contributed by atoms with van der Waals surface area (Å²) in [6.07, 6.45) is 10.7. The van der Waals surface area contributed by atoms with Crippen LogP contribution in [0.3, 0.4) is 0 Å². The number of benzene rings is 6. The molecule has 9 atom stereocenters. The standard InChI is InChI=1S/C19H26N2O6S.C17H24N2O6S2.C17H24N2O5S.2C13H17NO5S.C12H16N2O3S.6C2H6/c1-13-16(7-8-18(22)20-11-9-14(10-12-20)19(23)24)27-17-6-4-3-5-15(17)21(13)28(2,25)26;1-13-15(7-8-17(20)18-9-11-27(23,24)12-10-18)25-16-6-4-3-5-14(16)19(13)26(2,21)22;1-13-15(7-8-17(20)18-9-11-23-12-10-18)24-16-6-4-3-5-14(16)19(13)25(2,21)22;2*1-20(17,18)14-9-10(5-4-8-13(15)16)19-12-7-3-2-6-11(12)14;1-9(15)13-11-7-10-5-3-4-6-12(10)14(8-11)18(2,16)17;6*1-2/h3-6,13-14,16H,7-12H2,1-2H3,(H,23,24);3-6,13,15H,7-12H2,1-2H3;3-6,13,15H,7-12H2,1-2H3;2*2-3,6-7,10H,4-5,8-9H2,1H3,(H,15,16);3-6,11H,7-8H2,1-2H3,(H,13,15);6*1-2H3/t13-,16?;2*13-,15?;2*10-;11-;;;;;;/m111001....../s1. The van der Waals surface area contributed by atoms with Crippen molar-refractivity contribution in [3.05, 3.63) is 151 Å². The number of amides is 4. The summed E-state index contributed by atoms with van der Waals surface area (Å²) in [5.74, 6) is -0.665. The Bertz CT molecular complexity index is 6060. The van der Waals surface area contributed by atoms with Crippen LogP contribution in [0.15, 0.2) is 146 Å². The molecule has 3 fully saturated rings. The number of ether oxygens (including phenoxy) is 6. The summed E-state index contributed by atoms with van der Waals surface area (Å²) >= 11 is 0. The smallest absolute Gasteiger partial charge is 0.306 e. The van der Waals surface area contributed by atoms with Gasteiger partial charge in [0.15, 0.2) is 9.84 Å². The van der Waals surface area contributed by atoms with Gasteiger partial charge in [0.1, 0.15) is 59.3 Å². The monoisotopic (exact) mass is 2240 g/mol. The van der Waals surface area contributed by atoms with E-state index in [1.165, 1.54) is 51.5 Å². The van der Waals surface area contributed by atoms with Crippen LogP contribution in [0.4, 0.5) is 34.1 Å². The molecule has 0 saturated carbocycles. The number of morpholine rings is 1. The highest BCUT2D eigenvalue weighted by molar-refractivity contribution is 7.93. The van der Waals surface area contributed by atoms with Crippen LogP contribution in [-0.2, 0) is 115 Å². The number of nitrogens with zero attached hydrogens (tertiary/aromatic N) is 9. The van der Waals surface area contributed by atoms with Crippen LogP contribution in [0.5, 0.6) is 28.7 Å². The van der Waals surface area contributed by atoms with Gasteiger partial charge in [0.2, 0.25) is 83.8 Å². The Labute approximate surface area is 890 Å². The number of carbonyl (C=O) groups is 7. The molecule has 3 unspecified atom stereocenters. The highest BCUT2D eigenvalue weighted by Crippen LogP contribution is 2.44. The molecule has 3 saturated heterocycles. The van der Waals surface area contributed by atoms with E-state index in [1.807, 2.05) is 114 Å². The fourth-order valence-corrected chi connectivity index (χ4v) is 25.4. The second-order valence-corrected chi connectivity index (χ2v) is 48.6. The van der Waals surface area contributed by atoms with E-state index in [-0.39, 0.29) is 130 Å². The first-order chi connectivity index (χ1) is 70.8. The zero-order valence-corrected chi connectivity index (χ0v) is 96.4. The predicted molar refractivity (Wildman–Crippen MR) is 587 cm³/mol. The van der Waals surface area contributed by atoms with E-state index in [0.29, 0.717) is 173 Å². The lowest BCUT2D eigenvalue weighted by molar-refractivity contribution is -0.145. The number of fused-ring (bicyclic) bond motifs is 6. The Balaban J connectivity index is 0.000000369. The van der Waals surface area contributed by atoms with Crippen LogP contribution in [0.1, 0.15) is 206 Å². The summed E-state index contributed by atoms with van der Waals surface area (Å²) in [6, 6.07) is 40.8. The number of rotatable bonds is 25. The minimum Gasteiger partial charge on any atom is -0.486 e. The van der Waals surface area contributed by atoms with Crippen molar-refractivity contribution in [2.75, 3.05) is 147 Å². The Hall–Kier alpha value is -11.0. The number of carboxylic acids is 3. The molecule has 6 aromatic carbocycles. The van der Waals surface area contributed by atoms with Crippen molar-refractivity contribution < 1.29 is 136 Å². The lowest BCUT2D eigenvalue weighted by Gasteiger charge is -2.40. The summed E-state index contributed by atoms with van der Waals surface area (Å²) in [5, 5.41) is 29.1. The number of piperidine rings is 1. The minimum atomic E-state index is -3.50. The molecule has 9 aliphatic heterocycles. The third kappa shape index (κ3) is 39.9. The van der Waals surface area contributed by atoms with Gasteiger partial charge in [0, 0.05) is 78.3 Å². The lowest BCUT2D eigenvalue weighted by Crippen LogP contribution is -2.51. The van der Waals surface area contributed by atoms with Crippen LogP contribution in [0.2, 0.25) is 0 Å². The minimum absolute atomic E-state index is 0.00962. The zero-order valence-electron chi connectivity index (χ0n) is 90.7. The number of anilines is 6. The number of carboxylic acid groups (broad SMARTS) is 3. The van der Waals surface area contributed by atoms with Crippen molar-refractivity contribution in [2.45, 2.75) is 262 Å². The van der Waals surface area contributed by atoms with Crippen molar-refractivity contribution in [1.82, 2.24) is 20.0 Å². The van der Waals surface area contributed by atoms with E-state index in [9.17, 15) is 92.5 Å². The summed E-state index contributed by atoms with van der Waals surface area (Å²) in [5.41, 5.74) is 4.27. The van der Waals surface area contributed by atoms with Gasteiger partial charge in [-0.25, -0.2) is 58.9 Å². The first-order valence-corrected chi connectivity index (χ1v) is 64.0. The first kappa shape index (κ1) is 131. The number of sulfone groups is 1. The molecule has 150 heavy (non-hydrogen) atoms. The molecular weight excluding hydrogens is 2080 g/mol. The van der Waals surface area contributed by atoms with Gasteiger partial charge in [-0.15, -0.1) is 0 Å². The fourth-order valence-electron chi connectivity index (χ4n) is 17.5. The van der Waals surface area contributed by atoms with Gasteiger partial charge in [-0.2, -0.15) is 0 Å². The molecule has 9 heterocycles. The maximum Gasteiger partial charge on any atom is 0.306 e. The number of likely N-dealkylation sites (tertiary alicyclic amines) is 1. The largest absolute Gasteiger partial charge is 0.486 e. The molecule has 4 N–H and O–H groups in total. The van der Waals surface area contributed by atoms with Gasteiger partial charge < -0.3 is 63.8 Å². The average Bonchev–Trinajstić information content (AvgIpc) is 0.772. The SMILES string of the molecule is CC.CC.CC.CC.CC.CC.CC(=O)N[C@@H]1Cc2ccccc2N(S(C)(=O)=O)C1.CS(=O)(=O)N1C[C@H](CCCC(=O)O)Oc2ccccc21.CS(=O)(=O)N1C[C@H](CCCC(=O)O)Oc2ccccc21.C[C@@H]1C(CCC(=O)N2CCC(C(=O)O)CC2)Oc2ccccc2N1S(C)(=O)=O.C[C@@H]1C(CCC(=O)N2CCOCC2)Oc2ccccc2N1S(C)(=O)=O.C[C@@H]1C(CCC(=O)N2CCS(=O)(=O)CC2)Oc2ccccc2N1S(C)(=O)=O. The number of hydrogen-bond acceptors (Lipinski definition) is 27. The van der Waals surface area contributed by atoms with E-state index in [0.717, 1.165) is 24.3 Å². The number of hydrogen-bond donors (Lipinski definition) is 4. The van der Waals surface area contributed by atoms with E-state index >= 15 is 0 Å². The topological polar surface area (TPSA) is 516 Å². The lowest BCUT2D eigenvalue weighted by atomic mass is 9.96. The van der Waals surface area contributed by atoms with Gasteiger partial charge in [-0.1, -0.05) is 162 Å². The van der Waals surface area contributed by atoms with E-state index < -0.39 is 112 Å². The molecular formula is C103H160N10O30S7. The molecule has 9 aliphatic rings. The Morgan fingerprint density at radius 3 is 0.933 bits per heavy atom. The summed E-state index contributed by atoms with van der Waals surface area (Å²) in [4.78, 5) is 85.5. The highest BCUT2D eigenvalue weighted by atomic mass is 32.2. The molecule has 0 aromatic heterocycles. The van der Waals surface area contributed by atoms with Crippen molar-refractivity contribution in [1.29, 1.82) is 0 Å². The predicted octanol–water partition coefficient (Wildman–Crippen LogP) is 13.2. The van der Waals surface area contributed by atoms with Crippen molar-refractivity contribution in [2.24, 2.45) is 5.92 Å². The molecule has 6 aromatic rings. The third-order valence-electron chi connectivity index (χ3n) is 24.3. The molecule has 0 radical (unpaired) electrons. The Morgan fingerprint density at radius 2 is 0.633 bits per heavy atom. The maximum atomic E-state index is 12.5. The summed E-state index contributed by atoms with van der Waals surface area (Å²) in [7, 11) is -23.6. The Morgan fingerprint density at radius 1 is 0.353 bits per heavy atom. The molecule has 0 aliphatic carbocycles. The van der Waals surface area contributed by atoms with Crippen LogP contribution in [-0.4, -0.2) is 306 Å². The first-order valence-electron chi connectivity index (χ1n) is 51.1. The highest BCUT2D eigenvalue weighted by Gasteiger charge is 2.44. The van der Waals surface area contributed by atoms with Crippen molar-refractivity contribution >= 4 is 146 Å². The number of sulfonamides is 6. The molecule has 40 nitrogen and oxygen atoms in total. The van der Waals surface area contributed by atoms with E-state index in [2.05, 4.69) is 5.32 Å². The second kappa shape index (κ2) is 62.3. The molecule has 0 bridgehead atoms. The number of nitrogens with one attached hydrogen (secondary N) is 1. The molecule has 0 spiro atoms. The van der Waals surface area contributed by atoms with Gasteiger partial charge in [-0.3, -0.25) is 59.4 Å².